The fourth-order valence-electron chi connectivity index (χ4n) is 12.6. The molecule has 4 unspecified atom stereocenters. The Morgan fingerprint density at radius 1 is 0.500 bits per heavy atom. The van der Waals surface area contributed by atoms with E-state index in [1.807, 2.05) is 0 Å². The quantitative estimate of drug-likeness (QED) is 0.181. The Morgan fingerprint density at radius 2 is 1.16 bits per heavy atom. The zero-order chi connectivity index (χ0) is 46.1. The Bertz CT molecular complexity index is 4280. The first-order chi connectivity index (χ1) is 34.6. The van der Waals surface area contributed by atoms with Crippen LogP contribution in [-0.4, -0.2) is 15.0 Å². The topological polar surface area (TPSA) is 47.4 Å². The molecule has 1 fully saturated rings. The molecule has 0 spiro atoms. The lowest BCUT2D eigenvalue weighted by Crippen LogP contribution is -2.51. The number of hydrogen-bond donors (Lipinski definition) is 1. The highest BCUT2D eigenvalue weighted by Gasteiger charge is 2.58. The van der Waals surface area contributed by atoms with Crippen molar-refractivity contribution < 1.29 is 4.42 Å². The molecular formula is C65H46N4O. The van der Waals surface area contributed by atoms with Crippen molar-refractivity contribution in [2.75, 3.05) is 0 Å². The van der Waals surface area contributed by atoms with Crippen molar-refractivity contribution >= 4 is 82.2 Å². The number of benzene rings is 10. The molecule has 3 aromatic heterocycles. The lowest BCUT2D eigenvalue weighted by atomic mass is 9.56. The second-order valence-corrected chi connectivity index (χ2v) is 19.6. The van der Waals surface area contributed by atoms with Gasteiger partial charge in [-0.2, -0.15) is 0 Å². The second kappa shape index (κ2) is 14.9. The summed E-state index contributed by atoms with van der Waals surface area (Å²) in [5.41, 5.74) is 14.5. The molecule has 70 heavy (non-hydrogen) atoms. The van der Waals surface area contributed by atoms with Gasteiger partial charge in [0, 0.05) is 54.9 Å². The molecule has 5 nitrogen and oxygen atoms in total. The van der Waals surface area contributed by atoms with Gasteiger partial charge in [-0.25, -0.2) is 0 Å². The summed E-state index contributed by atoms with van der Waals surface area (Å²) in [7, 11) is 0. The standard InChI is InChI=1S/C65H46N4O/c1-40-55-39-65(40,46-19-7-3-8-20-46)67-63(42-17-5-2-6-18-42)66-64(55)69-56-26-14-13-24-50(56)52-38-45(30-34-58(52)69)48-25-15-27-60-61(48)54-37-44(31-35-59(54)70-60)43-29-33-57-53(36-43)51-32-28-41-16-11-12-23-49(41)62(51)68(57)47-21-9-4-10-22-47/h2-38,40,55,64H,39H2,1H3,(H,66,67). The van der Waals surface area contributed by atoms with Gasteiger partial charge in [0.25, 0.3) is 0 Å². The van der Waals surface area contributed by atoms with E-state index in [0.717, 1.165) is 62.1 Å². The molecule has 0 amide bonds. The average Bonchev–Trinajstić information content (AvgIpc) is 4.01. The van der Waals surface area contributed by atoms with Crippen LogP contribution in [0.1, 0.15) is 30.6 Å². The van der Waals surface area contributed by atoms with E-state index in [0.29, 0.717) is 11.8 Å². The summed E-state index contributed by atoms with van der Waals surface area (Å²) < 4.78 is 11.7. The summed E-state index contributed by atoms with van der Waals surface area (Å²) in [6, 6.07) is 81.8. The zero-order valence-corrected chi connectivity index (χ0v) is 38.6. The molecular weight excluding hydrogens is 853 g/mol. The van der Waals surface area contributed by atoms with Crippen molar-refractivity contribution in [1.29, 1.82) is 0 Å². The maximum atomic E-state index is 6.67. The van der Waals surface area contributed by atoms with Crippen molar-refractivity contribution in [3.63, 3.8) is 0 Å². The molecule has 16 rings (SSSR count). The number of rotatable bonds is 6. The molecule has 5 heteroatoms. The minimum atomic E-state index is -0.290. The predicted molar refractivity (Wildman–Crippen MR) is 290 cm³/mol. The van der Waals surface area contributed by atoms with Gasteiger partial charge in [-0.3, -0.25) is 4.99 Å². The lowest BCUT2D eigenvalue weighted by molar-refractivity contribution is 0.0179. The summed E-state index contributed by atoms with van der Waals surface area (Å²) >= 11 is 0. The number of para-hydroxylation sites is 2. The number of nitrogens with one attached hydrogen (secondary N) is 1. The summed E-state index contributed by atoms with van der Waals surface area (Å²) in [4.78, 5) is 5.67. The number of aliphatic imine (C=N–C) groups is 1. The third kappa shape index (κ3) is 5.63. The van der Waals surface area contributed by atoms with Crippen LogP contribution in [0.5, 0.6) is 0 Å². The van der Waals surface area contributed by atoms with E-state index in [1.54, 1.807) is 0 Å². The van der Waals surface area contributed by atoms with Crippen LogP contribution in [0.3, 0.4) is 0 Å². The van der Waals surface area contributed by atoms with E-state index in [4.69, 9.17) is 9.41 Å². The van der Waals surface area contributed by atoms with Crippen LogP contribution < -0.4 is 5.32 Å². The monoisotopic (exact) mass is 898 g/mol. The fourth-order valence-corrected chi connectivity index (χ4v) is 12.6. The molecule has 0 radical (unpaired) electrons. The van der Waals surface area contributed by atoms with Gasteiger partial charge in [0.1, 0.15) is 23.2 Å². The summed E-state index contributed by atoms with van der Waals surface area (Å²) in [5, 5.41) is 13.8. The van der Waals surface area contributed by atoms with Crippen LogP contribution in [-0.2, 0) is 5.54 Å². The maximum Gasteiger partial charge on any atom is 0.136 e. The normalized spacial score (nSPS) is 19.0. The van der Waals surface area contributed by atoms with Crippen LogP contribution in [0.25, 0.3) is 104 Å². The van der Waals surface area contributed by atoms with Gasteiger partial charge >= 0.3 is 0 Å². The van der Waals surface area contributed by atoms with Crippen LogP contribution in [0.15, 0.2) is 234 Å². The van der Waals surface area contributed by atoms with E-state index in [-0.39, 0.29) is 11.7 Å². The third-order valence-electron chi connectivity index (χ3n) is 16.1. The van der Waals surface area contributed by atoms with Gasteiger partial charge < -0.3 is 18.9 Å². The van der Waals surface area contributed by atoms with Crippen LogP contribution >= 0.6 is 0 Å². The van der Waals surface area contributed by atoms with Gasteiger partial charge in [0.2, 0.25) is 0 Å². The highest BCUT2D eigenvalue weighted by atomic mass is 16.3. The largest absolute Gasteiger partial charge is 0.456 e. The number of amidine groups is 1. The molecule has 3 aliphatic rings. The number of fused-ring (bicyclic) bond motifs is 13. The molecule has 10 aromatic carbocycles. The second-order valence-electron chi connectivity index (χ2n) is 19.6. The minimum Gasteiger partial charge on any atom is -0.456 e. The lowest BCUT2D eigenvalue weighted by Gasteiger charge is -2.52. The van der Waals surface area contributed by atoms with Crippen LogP contribution in [0.2, 0.25) is 0 Å². The molecule has 1 N–H and O–H groups in total. The Morgan fingerprint density at radius 3 is 1.99 bits per heavy atom. The molecule has 2 aliphatic heterocycles. The van der Waals surface area contributed by atoms with Crippen LogP contribution in [0.4, 0.5) is 0 Å². The van der Waals surface area contributed by atoms with Crippen molar-refractivity contribution in [3.8, 4) is 27.9 Å². The first kappa shape index (κ1) is 39.3. The van der Waals surface area contributed by atoms with Crippen molar-refractivity contribution in [2.45, 2.75) is 25.0 Å². The maximum absolute atomic E-state index is 6.67. The number of nitrogens with zero attached hydrogens (tertiary/aromatic N) is 3. The van der Waals surface area contributed by atoms with Gasteiger partial charge in [0.15, 0.2) is 0 Å². The average molecular weight is 899 g/mol. The van der Waals surface area contributed by atoms with Crippen molar-refractivity contribution in [1.82, 2.24) is 14.5 Å². The van der Waals surface area contributed by atoms with Crippen molar-refractivity contribution in [3.05, 3.63) is 236 Å². The number of furan rings is 1. The van der Waals surface area contributed by atoms with E-state index in [2.05, 4.69) is 246 Å². The number of hydrogen-bond acceptors (Lipinski definition) is 3. The molecule has 4 atom stereocenters. The zero-order valence-electron chi connectivity index (χ0n) is 38.6. The van der Waals surface area contributed by atoms with Gasteiger partial charge in [-0.1, -0.05) is 171 Å². The summed E-state index contributed by atoms with van der Waals surface area (Å²) in [6.07, 6.45) is 0.965. The fraction of sp³-hybridized carbons (Fsp3) is 0.0923. The van der Waals surface area contributed by atoms with Gasteiger partial charge in [-0.05, 0) is 106 Å². The Balaban J connectivity index is 0.866. The Hall–Kier alpha value is -8.67. The van der Waals surface area contributed by atoms with Gasteiger partial charge in [0.05, 0.1) is 27.6 Å². The highest BCUT2D eigenvalue weighted by molar-refractivity contribution is 6.20. The smallest absolute Gasteiger partial charge is 0.136 e. The van der Waals surface area contributed by atoms with Crippen LogP contribution in [0, 0.1) is 11.8 Å². The third-order valence-corrected chi connectivity index (χ3v) is 16.1. The van der Waals surface area contributed by atoms with Gasteiger partial charge in [-0.15, -0.1) is 0 Å². The molecule has 1 saturated carbocycles. The predicted octanol–water partition coefficient (Wildman–Crippen LogP) is 16.4. The minimum absolute atomic E-state index is 0.00494. The molecule has 5 heterocycles. The first-order valence-corrected chi connectivity index (χ1v) is 24.6. The van der Waals surface area contributed by atoms with Crippen molar-refractivity contribution in [2.24, 2.45) is 16.8 Å². The first-order valence-electron chi connectivity index (χ1n) is 24.6. The number of aromatic nitrogens is 2. The van der Waals surface area contributed by atoms with E-state index < -0.39 is 0 Å². The van der Waals surface area contributed by atoms with E-state index in [9.17, 15) is 0 Å². The summed E-state index contributed by atoms with van der Waals surface area (Å²) in [5.74, 6) is 1.62. The Kier molecular flexibility index (Phi) is 8.38. The summed E-state index contributed by atoms with van der Waals surface area (Å²) in [6.45, 7) is 2.41. The molecule has 332 valence electrons. The molecule has 0 saturated heterocycles. The SMILES string of the molecule is CC1C2CC1(c1ccccc1)N=C(c1ccccc1)NC2n1c2ccccc2c2cc(-c3cccc4oc5ccc(-c6ccc7c(c6)c6ccc8ccccc8c6n7-c6ccccc6)cc5c34)ccc21. The molecule has 13 aromatic rings. The van der Waals surface area contributed by atoms with E-state index >= 15 is 0 Å². The van der Waals surface area contributed by atoms with E-state index in [1.165, 1.54) is 65.5 Å². The Labute approximate surface area is 404 Å². The molecule has 1 aliphatic carbocycles. The molecule has 2 bridgehead atoms. The highest BCUT2D eigenvalue weighted by Crippen LogP contribution is 2.59.